The molecule has 0 unspecified atom stereocenters. The summed E-state index contributed by atoms with van der Waals surface area (Å²) in [5.41, 5.74) is -0.408. The van der Waals surface area contributed by atoms with Gasteiger partial charge in [-0.25, -0.2) is 8.78 Å². The number of carbonyl (C=O) groups is 1. The van der Waals surface area contributed by atoms with Crippen LogP contribution in [0.4, 0.5) is 20.4 Å². The molecule has 20 heavy (non-hydrogen) atoms. The topological polar surface area (TPSA) is 85.4 Å². The summed E-state index contributed by atoms with van der Waals surface area (Å²) >= 11 is 2.79. The number of rotatable bonds is 3. The van der Waals surface area contributed by atoms with Gasteiger partial charge in [-0.05, 0) is 28.1 Å². The predicted molar refractivity (Wildman–Crippen MR) is 67.4 cm³/mol. The fourth-order valence-electron chi connectivity index (χ4n) is 1.35. The number of nitrogens with zero attached hydrogens (tertiary/aromatic N) is 1. The maximum Gasteiger partial charge on any atom is 0.433 e. The molecule has 2 rings (SSSR count). The largest absolute Gasteiger partial charge is 0.433 e. The molecule has 0 fully saturated rings. The Kier molecular flexibility index (Phi) is 3.79. The Balaban J connectivity index is 2.23. The first-order valence-corrected chi connectivity index (χ1v) is 5.88. The average molecular weight is 347 g/mol. The maximum absolute atomic E-state index is 13.5. The smallest absolute Gasteiger partial charge is 0.395 e. The van der Waals surface area contributed by atoms with E-state index in [0.29, 0.717) is 0 Å². The molecule has 1 aromatic heterocycles. The van der Waals surface area contributed by atoms with Gasteiger partial charge in [-0.3, -0.25) is 14.9 Å². The SMILES string of the molecule is O=C(Nc1cc(F)c(Br)cc1F)c1ccc([N+](=O)[O-])o1. The van der Waals surface area contributed by atoms with Gasteiger partial charge in [0.25, 0.3) is 5.91 Å². The van der Waals surface area contributed by atoms with E-state index in [1.807, 2.05) is 0 Å². The zero-order valence-corrected chi connectivity index (χ0v) is 11.1. The number of halogens is 3. The number of benzene rings is 1. The molecular formula is C11H5BrF2N2O4. The van der Waals surface area contributed by atoms with Crippen molar-refractivity contribution in [2.24, 2.45) is 0 Å². The third-order valence-corrected chi connectivity index (χ3v) is 2.86. The molecule has 6 nitrogen and oxygen atoms in total. The summed E-state index contributed by atoms with van der Waals surface area (Å²) in [5, 5.41) is 12.5. The maximum atomic E-state index is 13.5. The molecule has 0 saturated heterocycles. The van der Waals surface area contributed by atoms with Crippen molar-refractivity contribution in [3.8, 4) is 0 Å². The Labute approximate surface area is 118 Å². The second-order valence-corrected chi connectivity index (χ2v) is 4.45. The predicted octanol–water partition coefficient (Wildman–Crippen LogP) is 3.48. The van der Waals surface area contributed by atoms with Gasteiger partial charge < -0.3 is 9.73 Å². The van der Waals surface area contributed by atoms with Crippen LogP contribution >= 0.6 is 15.9 Å². The van der Waals surface area contributed by atoms with Crippen molar-refractivity contribution >= 4 is 33.4 Å². The molecule has 0 radical (unpaired) electrons. The molecule has 1 amide bonds. The van der Waals surface area contributed by atoms with Gasteiger partial charge in [-0.2, -0.15) is 0 Å². The molecule has 104 valence electrons. The van der Waals surface area contributed by atoms with Crippen LogP contribution in [0.5, 0.6) is 0 Å². The van der Waals surface area contributed by atoms with Crippen LogP contribution in [0.3, 0.4) is 0 Å². The zero-order valence-electron chi connectivity index (χ0n) is 9.52. The fourth-order valence-corrected chi connectivity index (χ4v) is 1.67. The van der Waals surface area contributed by atoms with E-state index in [2.05, 4.69) is 25.7 Å². The number of hydrogen-bond donors (Lipinski definition) is 1. The molecule has 1 aromatic carbocycles. The monoisotopic (exact) mass is 346 g/mol. The zero-order chi connectivity index (χ0) is 14.9. The quantitative estimate of drug-likeness (QED) is 0.523. The molecule has 0 atom stereocenters. The lowest BCUT2D eigenvalue weighted by atomic mass is 10.3. The standard InChI is InChI=1S/C11H5BrF2N2O4/c12-5-3-7(14)8(4-6(5)13)15-11(17)9-1-2-10(20-9)16(18)19/h1-4H,(H,15,17). The van der Waals surface area contributed by atoms with Crippen LogP contribution in [0.25, 0.3) is 0 Å². The van der Waals surface area contributed by atoms with Crippen molar-refractivity contribution in [3.63, 3.8) is 0 Å². The van der Waals surface area contributed by atoms with Crippen molar-refractivity contribution in [2.45, 2.75) is 0 Å². The first-order chi connectivity index (χ1) is 9.38. The van der Waals surface area contributed by atoms with Crippen molar-refractivity contribution in [2.75, 3.05) is 5.32 Å². The van der Waals surface area contributed by atoms with Crippen LogP contribution in [-0.4, -0.2) is 10.8 Å². The fraction of sp³-hybridized carbons (Fsp3) is 0. The van der Waals surface area contributed by atoms with E-state index in [1.54, 1.807) is 0 Å². The van der Waals surface area contributed by atoms with Gasteiger partial charge in [0.1, 0.15) is 16.6 Å². The molecular weight excluding hydrogens is 342 g/mol. The van der Waals surface area contributed by atoms with Crippen LogP contribution in [-0.2, 0) is 0 Å². The van der Waals surface area contributed by atoms with E-state index in [-0.39, 0.29) is 10.2 Å². The van der Waals surface area contributed by atoms with E-state index >= 15 is 0 Å². The molecule has 1 N–H and O–H groups in total. The second kappa shape index (κ2) is 5.37. The van der Waals surface area contributed by atoms with Crippen LogP contribution < -0.4 is 5.32 Å². The average Bonchev–Trinajstić information content (AvgIpc) is 2.85. The number of nitrogens with one attached hydrogen (secondary N) is 1. The molecule has 0 saturated carbocycles. The van der Waals surface area contributed by atoms with Gasteiger partial charge in [0, 0.05) is 6.07 Å². The number of carbonyl (C=O) groups excluding carboxylic acids is 1. The summed E-state index contributed by atoms with van der Waals surface area (Å²) in [7, 11) is 0. The Morgan fingerprint density at radius 3 is 2.60 bits per heavy atom. The van der Waals surface area contributed by atoms with Gasteiger partial charge in [0.05, 0.1) is 16.2 Å². The Morgan fingerprint density at radius 1 is 1.30 bits per heavy atom. The summed E-state index contributed by atoms with van der Waals surface area (Å²) in [6.45, 7) is 0. The molecule has 0 bridgehead atoms. The lowest BCUT2D eigenvalue weighted by Crippen LogP contribution is -2.12. The van der Waals surface area contributed by atoms with Crippen LogP contribution in [0.1, 0.15) is 10.6 Å². The van der Waals surface area contributed by atoms with Crippen molar-refractivity contribution < 1.29 is 22.9 Å². The highest BCUT2D eigenvalue weighted by atomic mass is 79.9. The summed E-state index contributed by atoms with van der Waals surface area (Å²) in [6.07, 6.45) is 0. The Hall–Kier alpha value is -2.29. The van der Waals surface area contributed by atoms with Gasteiger partial charge in [-0.1, -0.05) is 0 Å². The first-order valence-electron chi connectivity index (χ1n) is 5.08. The minimum atomic E-state index is -0.932. The summed E-state index contributed by atoms with van der Waals surface area (Å²) in [5.74, 6) is -3.59. The first kappa shape index (κ1) is 14.1. The van der Waals surface area contributed by atoms with Crippen molar-refractivity contribution in [3.05, 3.63) is 56.2 Å². The van der Waals surface area contributed by atoms with E-state index in [9.17, 15) is 23.7 Å². The Bertz CT molecular complexity index is 702. The van der Waals surface area contributed by atoms with E-state index in [0.717, 1.165) is 24.3 Å². The van der Waals surface area contributed by atoms with Crippen LogP contribution in [0.2, 0.25) is 0 Å². The van der Waals surface area contributed by atoms with Gasteiger partial charge >= 0.3 is 5.88 Å². The van der Waals surface area contributed by atoms with Gasteiger partial charge in [0.15, 0.2) is 5.76 Å². The second-order valence-electron chi connectivity index (χ2n) is 3.60. The molecule has 0 aliphatic carbocycles. The molecule has 2 aromatic rings. The van der Waals surface area contributed by atoms with Crippen LogP contribution in [0.15, 0.2) is 33.2 Å². The van der Waals surface area contributed by atoms with Crippen molar-refractivity contribution in [1.82, 2.24) is 0 Å². The molecule has 0 aliphatic heterocycles. The molecule has 1 heterocycles. The van der Waals surface area contributed by atoms with E-state index in [1.165, 1.54) is 0 Å². The number of amides is 1. The lowest BCUT2D eigenvalue weighted by Gasteiger charge is -2.05. The van der Waals surface area contributed by atoms with Crippen molar-refractivity contribution in [1.29, 1.82) is 0 Å². The Morgan fingerprint density at radius 2 is 2.00 bits per heavy atom. The van der Waals surface area contributed by atoms with Crippen LogP contribution in [0, 0.1) is 21.7 Å². The summed E-state index contributed by atoms with van der Waals surface area (Å²) in [6, 6.07) is 3.65. The normalized spacial score (nSPS) is 10.3. The third-order valence-electron chi connectivity index (χ3n) is 2.25. The lowest BCUT2D eigenvalue weighted by molar-refractivity contribution is -0.402. The minimum absolute atomic E-state index is 0.0957. The molecule has 0 aliphatic rings. The highest BCUT2D eigenvalue weighted by Gasteiger charge is 2.19. The molecule has 9 heteroatoms. The number of nitro groups is 1. The highest BCUT2D eigenvalue weighted by molar-refractivity contribution is 9.10. The molecule has 0 spiro atoms. The summed E-state index contributed by atoms with van der Waals surface area (Å²) in [4.78, 5) is 21.2. The summed E-state index contributed by atoms with van der Waals surface area (Å²) < 4.78 is 31.3. The van der Waals surface area contributed by atoms with E-state index < -0.39 is 34.0 Å². The highest BCUT2D eigenvalue weighted by Crippen LogP contribution is 2.24. The number of anilines is 1. The van der Waals surface area contributed by atoms with Gasteiger partial charge in [0.2, 0.25) is 0 Å². The minimum Gasteiger partial charge on any atom is -0.395 e. The van der Waals surface area contributed by atoms with E-state index in [4.69, 9.17) is 0 Å². The number of hydrogen-bond acceptors (Lipinski definition) is 4. The third kappa shape index (κ3) is 2.82. The number of furan rings is 1. The van der Waals surface area contributed by atoms with Gasteiger partial charge in [-0.15, -0.1) is 0 Å².